The number of rotatable bonds is 6. The van der Waals surface area contributed by atoms with Gasteiger partial charge in [-0.25, -0.2) is 0 Å². The van der Waals surface area contributed by atoms with Gasteiger partial charge in [-0.3, -0.25) is 9.69 Å². The molecular formula is C20H39N3O. The second-order valence-electron chi connectivity index (χ2n) is 9.21. The van der Waals surface area contributed by atoms with Crippen molar-refractivity contribution in [3.05, 3.63) is 0 Å². The van der Waals surface area contributed by atoms with E-state index in [0.29, 0.717) is 18.3 Å². The van der Waals surface area contributed by atoms with Gasteiger partial charge in [0.15, 0.2) is 0 Å². The highest BCUT2D eigenvalue weighted by Gasteiger charge is 2.33. The molecule has 0 radical (unpaired) electrons. The number of nitrogens with one attached hydrogen (secondary N) is 2. The van der Waals surface area contributed by atoms with Gasteiger partial charge in [-0.05, 0) is 69.9 Å². The standard InChI is InChI=1S/C20H39N3O/c1-15-10-16(2)13-23(12-15)20(4,5)14-22-19(24)11-17(3)18-6-8-21-9-7-18/h15-18,21H,6-14H2,1-5H3,(H,22,24). The lowest BCUT2D eigenvalue weighted by molar-refractivity contribution is -0.123. The van der Waals surface area contributed by atoms with E-state index in [4.69, 9.17) is 0 Å². The number of hydrogen-bond donors (Lipinski definition) is 2. The van der Waals surface area contributed by atoms with Crippen molar-refractivity contribution >= 4 is 5.91 Å². The Bertz CT molecular complexity index is 394. The molecule has 0 aromatic heterocycles. The molecule has 0 aliphatic carbocycles. The summed E-state index contributed by atoms with van der Waals surface area (Å²) in [4.78, 5) is 15.0. The van der Waals surface area contributed by atoms with E-state index < -0.39 is 0 Å². The fraction of sp³-hybridized carbons (Fsp3) is 0.950. The minimum absolute atomic E-state index is 0.0383. The maximum atomic E-state index is 12.4. The number of carbonyl (C=O) groups is 1. The summed E-state index contributed by atoms with van der Waals surface area (Å²) in [6.45, 7) is 16.7. The van der Waals surface area contributed by atoms with E-state index in [9.17, 15) is 4.79 Å². The van der Waals surface area contributed by atoms with Gasteiger partial charge in [0.05, 0.1) is 0 Å². The number of piperidine rings is 2. The number of hydrogen-bond acceptors (Lipinski definition) is 3. The minimum atomic E-state index is 0.0383. The maximum absolute atomic E-state index is 12.4. The lowest BCUT2D eigenvalue weighted by Crippen LogP contribution is -2.56. The Morgan fingerprint density at radius 1 is 1.21 bits per heavy atom. The quantitative estimate of drug-likeness (QED) is 0.783. The first-order valence-corrected chi connectivity index (χ1v) is 10.0. The fourth-order valence-corrected chi connectivity index (χ4v) is 4.53. The number of nitrogens with zero attached hydrogens (tertiary/aromatic N) is 1. The van der Waals surface area contributed by atoms with Gasteiger partial charge in [0, 0.05) is 31.6 Å². The summed E-state index contributed by atoms with van der Waals surface area (Å²) < 4.78 is 0. The Hall–Kier alpha value is -0.610. The van der Waals surface area contributed by atoms with Gasteiger partial charge in [-0.15, -0.1) is 0 Å². The molecule has 1 amide bonds. The molecule has 3 atom stereocenters. The van der Waals surface area contributed by atoms with E-state index in [2.05, 4.69) is 50.2 Å². The molecule has 4 nitrogen and oxygen atoms in total. The molecule has 2 N–H and O–H groups in total. The molecule has 2 fully saturated rings. The average molecular weight is 338 g/mol. The number of likely N-dealkylation sites (tertiary alicyclic amines) is 1. The Morgan fingerprint density at radius 2 is 1.79 bits per heavy atom. The number of carbonyl (C=O) groups excluding carboxylic acids is 1. The van der Waals surface area contributed by atoms with E-state index in [-0.39, 0.29) is 11.4 Å². The van der Waals surface area contributed by atoms with Crippen molar-refractivity contribution in [2.45, 2.75) is 65.8 Å². The van der Waals surface area contributed by atoms with Gasteiger partial charge in [0.25, 0.3) is 0 Å². The molecule has 2 saturated heterocycles. The third kappa shape index (κ3) is 5.73. The summed E-state index contributed by atoms with van der Waals surface area (Å²) in [5.41, 5.74) is 0.0383. The summed E-state index contributed by atoms with van der Waals surface area (Å²) in [6.07, 6.45) is 4.42. The smallest absolute Gasteiger partial charge is 0.220 e. The first kappa shape index (κ1) is 19.7. The van der Waals surface area contributed by atoms with Crippen LogP contribution in [0.1, 0.15) is 60.3 Å². The predicted molar refractivity (Wildman–Crippen MR) is 101 cm³/mol. The molecule has 0 bridgehead atoms. The Labute approximate surface area is 149 Å². The average Bonchev–Trinajstić information content (AvgIpc) is 2.53. The van der Waals surface area contributed by atoms with Crippen molar-refractivity contribution in [3.63, 3.8) is 0 Å². The van der Waals surface area contributed by atoms with Crippen LogP contribution < -0.4 is 10.6 Å². The zero-order valence-corrected chi connectivity index (χ0v) is 16.5. The molecular weight excluding hydrogens is 298 g/mol. The Morgan fingerprint density at radius 3 is 2.38 bits per heavy atom. The van der Waals surface area contributed by atoms with Crippen LogP contribution in [0, 0.1) is 23.7 Å². The summed E-state index contributed by atoms with van der Waals surface area (Å²) >= 11 is 0. The van der Waals surface area contributed by atoms with E-state index in [1.165, 1.54) is 19.3 Å². The first-order chi connectivity index (χ1) is 11.3. The first-order valence-electron chi connectivity index (χ1n) is 10.0. The molecule has 2 aliphatic rings. The van der Waals surface area contributed by atoms with Gasteiger partial charge in [0.1, 0.15) is 0 Å². The van der Waals surface area contributed by atoms with Crippen LogP contribution in [-0.2, 0) is 4.79 Å². The van der Waals surface area contributed by atoms with Crippen LogP contribution >= 0.6 is 0 Å². The van der Waals surface area contributed by atoms with E-state index in [1.807, 2.05) is 0 Å². The second-order valence-corrected chi connectivity index (χ2v) is 9.21. The molecule has 24 heavy (non-hydrogen) atoms. The van der Waals surface area contributed by atoms with Gasteiger partial charge in [-0.1, -0.05) is 20.8 Å². The zero-order chi connectivity index (χ0) is 17.7. The molecule has 3 unspecified atom stereocenters. The van der Waals surface area contributed by atoms with Crippen molar-refractivity contribution < 1.29 is 4.79 Å². The highest BCUT2D eigenvalue weighted by atomic mass is 16.1. The van der Waals surface area contributed by atoms with Crippen molar-refractivity contribution in [2.24, 2.45) is 23.7 Å². The lowest BCUT2D eigenvalue weighted by Gasteiger charge is -2.45. The summed E-state index contributed by atoms with van der Waals surface area (Å²) in [5.74, 6) is 2.93. The van der Waals surface area contributed by atoms with Crippen molar-refractivity contribution in [3.8, 4) is 0 Å². The monoisotopic (exact) mass is 337 g/mol. The predicted octanol–water partition coefficient (Wildman–Crippen LogP) is 2.88. The summed E-state index contributed by atoms with van der Waals surface area (Å²) in [5, 5.41) is 6.63. The molecule has 0 aromatic carbocycles. The SMILES string of the molecule is CC1CC(C)CN(C(C)(C)CNC(=O)CC(C)C2CCNCC2)C1. The molecule has 4 heteroatoms. The third-order valence-corrected chi connectivity index (χ3v) is 6.14. The van der Waals surface area contributed by atoms with Crippen molar-refractivity contribution in [2.75, 3.05) is 32.7 Å². The molecule has 0 saturated carbocycles. The van der Waals surface area contributed by atoms with Crippen LogP contribution in [0.15, 0.2) is 0 Å². The third-order valence-electron chi connectivity index (χ3n) is 6.14. The van der Waals surface area contributed by atoms with Crippen LogP contribution in [0.2, 0.25) is 0 Å². The highest BCUT2D eigenvalue weighted by Crippen LogP contribution is 2.27. The molecule has 140 valence electrons. The lowest BCUT2D eigenvalue weighted by atomic mass is 9.84. The van der Waals surface area contributed by atoms with Crippen molar-refractivity contribution in [1.82, 2.24) is 15.5 Å². The molecule has 0 spiro atoms. The minimum Gasteiger partial charge on any atom is -0.354 e. The van der Waals surface area contributed by atoms with Crippen LogP contribution in [0.5, 0.6) is 0 Å². The van der Waals surface area contributed by atoms with Crippen LogP contribution in [0.4, 0.5) is 0 Å². The second kappa shape index (κ2) is 8.66. The van der Waals surface area contributed by atoms with E-state index >= 15 is 0 Å². The number of amides is 1. The zero-order valence-electron chi connectivity index (χ0n) is 16.5. The van der Waals surface area contributed by atoms with Gasteiger partial charge in [0.2, 0.25) is 5.91 Å². The topological polar surface area (TPSA) is 44.4 Å². The molecule has 2 rings (SSSR count). The Balaban J connectivity index is 1.77. The van der Waals surface area contributed by atoms with Crippen LogP contribution in [0.3, 0.4) is 0 Å². The van der Waals surface area contributed by atoms with Gasteiger partial charge in [-0.2, -0.15) is 0 Å². The summed E-state index contributed by atoms with van der Waals surface area (Å²) in [6, 6.07) is 0. The van der Waals surface area contributed by atoms with Crippen LogP contribution in [0.25, 0.3) is 0 Å². The normalized spacial score (nSPS) is 28.5. The summed E-state index contributed by atoms with van der Waals surface area (Å²) in [7, 11) is 0. The highest BCUT2D eigenvalue weighted by molar-refractivity contribution is 5.76. The van der Waals surface area contributed by atoms with E-state index in [1.54, 1.807) is 0 Å². The largest absolute Gasteiger partial charge is 0.354 e. The van der Waals surface area contributed by atoms with E-state index in [0.717, 1.165) is 44.6 Å². The maximum Gasteiger partial charge on any atom is 0.220 e. The van der Waals surface area contributed by atoms with Gasteiger partial charge >= 0.3 is 0 Å². The van der Waals surface area contributed by atoms with Crippen molar-refractivity contribution in [1.29, 1.82) is 0 Å². The van der Waals surface area contributed by atoms with Gasteiger partial charge < -0.3 is 10.6 Å². The molecule has 2 aliphatic heterocycles. The Kier molecular flexibility index (Phi) is 7.11. The molecule has 2 heterocycles. The van der Waals surface area contributed by atoms with Crippen LogP contribution in [-0.4, -0.2) is 49.1 Å². The fourth-order valence-electron chi connectivity index (χ4n) is 4.53. The molecule has 0 aromatic rings.